The predicted octanol–water partition coefficient (Wildman–Crippen LogP) is 5.49. The lowest BCUT2D eigenvalue weighted by Gasteiger charge is -2.31. The van der Waals surface area contributed by atoms with Gasteiger partial charge in [-0.3, -0.25) is 9.69 Å². The second-order valence-corrected chi connectivity index (χ2v) is 8.76. The Morgan fingerprint density at radius 3 is 2.74 bits per heavy atom. The van der Waals surface area contributed by atoms with Gasteiger partial charge in [-0.25, -0.2) is 4.98 Å². The average Bonchev–Trinajstić information content (AvgIpc) is 3.13. The van der Waals surface area contributed by atoms with Crippen molar-refractivity contribution in [3.05, 3.63) is 75.6 Å². The lowest BCUT2D eigenvalue weighted by Crippen LogP contribution is -2.42. The molecule has 1 aromatic heterocycles. The van der Waals surface area contributed by atoms with Crippen LogP contribution in [0.5, 0.6) is 0 Å². The number of rotatable bonds is 6. The van der Waals surface area contributed by atoms with Gasteiger partial charge in [0.1, 0.15) is 5.76 Å². The van der Waals surface area contributed by atoms with Crippen LogP contribution in [0, 0.1) is 12.8 Å². The van der Waals surface area contributed by atoms with Crippen LogP contribution in [0.1, 0.15) is 29.9 Å². The van der Waals surface area contributed by atoms with Crippen LogP contribution in [0.2, 0.25) is 10.0 Å². The van der Waals surface area contributed by atoms with E-state index in [-0.39, 0.29) is 11.8 Å². The maximum atomic E-state index is 12.7. The molecule has 4 rings (SSSR count). The largest absolute Gasteiger partial charge is 0.441 e. The van der Waals surface area contributed by atoms with Crippen LogP contribution in [0.3, 0.4) is 0 Å². The van der Waals surface area contributed by atoms with Crippen molar-refractivity contribution >= 4 is 29.1 Å². The molecule has 2 aromatic carbocycles. The van der Waals surface area contributed by atoms with Gasteiger partial charge < -0.3 is 9.73 Å². The Hall–Kier alpha value is -2.34. The Balaban J connectivity index is 1.36. The molecule has 0 spiro atoms. The van der Waals surface area contributed by atoms with Crippen LogP contribution >= 0.6 is 23.2 Å². The highest BCUT2D eigenvalue weighted by Crippen LogP contribution is 2.26. The number of halogens is 2. The van der Waals surface area contributed by atoms with E-state index in [0.29, 0.717) is 35.6 Å². The van der Waals surface area contributed by atoms with Crippen molar-refractivity contribution in [1.82, 2.24) is 15.2 Å². The molecular weight excluding hydrogens is 433 g/mol. The van der Waals surface area contributed by atoms with E-state index in [1.54, 1.807) is 0 Å². The fourth-order valence-electron chi connectivity index (χ4n) is 3.88. The predicted molar refractivity (Wildman–Crippen MR) is 123 cm³/mol. The third-order valence-corrected chi connectivity index (χ3v) is 6.27. The molecule has 162 valence electrons. The van der Waals surface area contributed by atoms with Crippen molar-refractivity contribution in [2.45, 2.75) is 32.9 Å². The monoisotopic (exact) mass is 457 g/mol. The van der Waals surface area contributed by atoms with Gasteiger partial charge in [-0.05, 0) is 62.2 Å². The number of likely N-dealkylation sites (tertiary alicyclic amines) is 1. The number of piperidine rings is 1. The number of nitrogens with zero attached hydrogens (tertiary/aromatic N) is 2. The van der Waals surface area contributed by atoms with Crippen LogP contribution in [-0.4, -0.2) is 28.9 Å². The van der Waals surface area contributed by atoms with Crippen molar-refractivity contribution in [2.24, 2.45) is 5.92 Å². The number of carbonyl (C=O) groups excluding carboxylic acids is 1. The lowest BCUT2D eigenvalue weighted by atomic mass is 9.97. The number of benzene rings is 2. The first kappa shape index (κ1) is 21.9. The summed E-state index contributed by atoms with van der Waals surface area (Å²) in [4.78, 5) is 19.7. The number of aromatic nitrogens is 1. The van der Waals surface area contributed by atoms with Crippen LogP contribution in [0.4, 0.5) is 0 Å². The van der Waals surface area contributed by atoms with E-state index in [4.69, 9.17) is 32.6 Å². The molecule has 1 amide bonds. The van der Waals surface area contributed by atoms with Crippen LogP contribution in [0.25, 0.3) is 11.5 Å². The molecule has 5 nitrogen and oxygen atoms in total. The molecule has 1 aliphatic rings. The van der Waals surface area contributed by atoms with Crippen molar-refractivity contribution in [3.8, 4) is 11.5 Å². The standard InChI is InChI=1S/C24H25Cl2N3O2/c1-16-22(28-24(31-16)17-8-10-20(25)11-9-17)15-29-12-4-6-19(14-29)23(30)27-13-18-5-2-3-7-21(18)26/h2-3,5,7-11,19H,4,6,12-15H2,1H3,(H,27,30). The van der Waals surface area contributed by atoms with Gasteiger partial charge in [0.2, 0.25) is 11.8 Å². The molecule has 1 N–H and O–H groups in total. The van der Waals surface area contributed by atoms with E-state index < -0.39 is 0 Å². The fourth-order valence-corrected chi connectivity index (χ4v) is 4.21. The smallest absolute Gasteiger partial charge is 0.226 e. The highest BCUT2D eigenvalue weighted by Gasteiger charge is 2.27. The molecular formula is C24H25Cl2N3O2. The van der Waals surface area contributed by atoms with E-state index in [1.165, 1.54) is 0 Å². The molecule has 0 radical (unpaired) electrons. The van der Waals surface area contributed by atoms with Gasteiger partial charge in [-0.2, -0.15) is 0 Å². The molecule has 31 heavy (non-hydrogen) atoms. The Labute approximate surface area is 192 Å². The maximum absolute atomic E-state index is 12.7. The number of carbonyl (C=O) groups is 1. The molecule has 0 aliphatic carbocycles. The number of aryl methyl sites for hydroxylation is 1. The zero-order chi connectivity index (χ0) is 21.8. The van der Waals surface area contributed by atoms with Crippen LogP contribution in [0.15, 0.2) is 52.9 Å². The fraction of sp³-hybridized carbons (Fsp3) is 0.333. The summed E-state index contributed by atoms with van der Waals surface area (Å²) in [7, 11) is 0. The van der Waals surface area contributed by atoms with Crippen molar-refractivity contribution in [2.75, 3.05) is 13.1 Å². The Morgan fingerprint density at radius 1 is 1.19 bits per heavy atom. The van der Waals surface area contributed by atoms with E-state index in [2.05, 4.69) is 10.2 Å². The summed E-state index contributed by atoms with van der Waals surface area (Å²) in [5.74, 6) is 1.42. The first-order valence-electron chi connectivity index (χ1n) is 10.5. The van der Waals surface area contributed by atoms with Gasteiger partial charge in [-0.15, -0.1) is 0 Å². The number of hydrogen-bond acceptors (Lipinski definition) is 4. The highest BCUT2D eigenvalue weighted by atomic mass is 35.5. The zero-order valence-electron chi connectivity index (χ0n) is 17.4. The summed E-state index contributed by atoms with van der Waals surface area (Å²) in [6.45, 7) is 4.69. The van der Waals surface area contributed by atoms with Crippen molar-refractivity contribution in [3.63, 3.8) is 0 Å². The lowest BCUT2D eigenvalue weighted by molar-refractivity contribution is -0.127. The second kappa shape index (κ2) is 9.86. The molecule has 2 heterocycles. The van der Waals surface area contributed by atoms with E-state index in [9.17, 15) is 4.79 Å². The summed E-state index contributed by atoms with van der Waals surface area (Å²) < 4.78 is 5.88. The minimum atomic E-state index is -0.0424. The van der Waals surface area contributed by atoms with Crippen molar-refractivity contribution in [1.29, 1.82) is 0 Å². The van der Waals surface area contributed by atoms with Crippen LogP contribution < -0.4 is 5.32 Å². The van der Waals surface area contributed by atoms with E-state index >= 15 is 0 Å². The third-order valence-electron chi connectivity index (χ3n) is 5.64. The molecule has 1 atom stereocenters. The topological polar surface area (TPSA) is 58.4 Å². The Kier molecular flexibility index (Phi) is 6.96. The highest BCUT2D eigenvalue weighted by molar-refractivity contribution is 6.31. The minimum absolute atomic E-state index is 0.0424. The van der Waals surface area contributed by atoms with E-state index in [1.807, 2.05) is 55.5 Å². The zero-order valence-corrected chi connectivity index (χ0v) is 18.9. The first-order valence-corrected chi connectivity index (χ1v) is 11.2. The van der Waals surface area contributed by atoms with Gasteiger partial charge in [0.25, 0.3) is 0 Å². The number of oxazole rings is 1. The number of nitrogens with one attached hydrogen (secondary N) is 1. The average molecular weight is 458 g/mol. The van der Waals surface area contributed by atoms with Gasteiger partial charge >= 0.3 is 0 Å². The first-order chi connectivity index (χ1) is 15.0. The SMILES string of the molecule is Cc1oc(-c2ccc(Cl)cc2)nc1CN1CCCC(C(=O)NCc2ccccc2Cl)C1. The number of hydrogen-bond donors (Lipinski definition) is 1. The molecule has 1 aliphatic heterocycles. The normalized spacial score (nSPS) is 16.9. The molecule has 1 unspecified atom stereocenters. The summed E-state index contributed by atoms with van der Waals surface area (Å²) in [5.41, 5.74) is 2.73. The van der Waals surface area contributed by atoms with Crippen molar-refractivity contribution < 1.29 is 9.21 Å². The Morgan fingerprint density at radius 2 is 1.97 bits per heavy atom. The molecule has 0 saturated carbocycles. The maximum Gasteiger partial charge on any atom is 0.226 e. The molecule has 1 fully saturated rings. The third kappa shape index (κ3) is 5.48. The Bertz CT molecular complexity index is 1050. The number of amides is 1. The minimum Gasteiger partial charge on any atom is -0.441 e. The summed E-state index contributed by atoms with van der Waals surface area (Å²) in [6.07, 6.45) is 1.86. The summed E-state index contributed by atoms with van der Waals surface area (Å²) in [6, 6.07) is 15.0. The molecule has 0 bridgehead atoms. The molecule has 1 saturated heterocycles. The van der Waals surface area contributed by atoms with Crippen LogP contribution in [-0.2, 0) is 17.9 Å². The second-order valence-electron chi connectivity index (χ2n) is 7.91. The molecule has 3 aromatic rings. The van der Waals surface area contributed by atoms with E-state index in [0.717, 1.165) is 42.0 Å². The van der Waals surface area contributed by atoms with Gasteiger partial charge in [0.15, 0.2) is 0 Å². The van der Waals surface area contributed by atoms with Gasteiger partial charge in [0, 0.05) is 35.2 Å². The molecule has 7 heteroatoms. The quantitative estimate of drug-likeness (QED) is 0.531. The summed E-state index contributed by atoms with van der Waals surface area (Å²) >= 11 is 12.2. The summed E-state index contributed by atoms with van der Waals surface area (Å²) in [5, 5.41) is 4.39. The van der Waals surface area contributed by atoms with Gasteiger partial charge in [-0.1, -0.05) is 41.4 Å². The van der Waals surface area contributed by atoms with Gasteiger partial charge in [0.05, 0.1) is 11.6 Å².